The fourth-order valence-electron chi connectivity index (χ4n) is 1.70. The second kappa shape index (κ2) is 7.54. The molecule has 0 aromatic heterocycles. The van der Waals surface area contributed by atoms with Gasteiger partial charge in [-0.1, -0.05) is 35.0 Å². The summed E-state index contributed by atoms with van der Waals surface area (Å²) in [5.74, 6) is -0.00327. The molecule has 0 saturated heterocycles. The summed E-state index contributed by atoms with van der Waals surface area (Å²) < 4.78 is 1.09. The predicted molar refractivity (Wildman–Crippen MR) is 76.5 cm³/mol. The first-order chi connectivity index (χ1) is 8.56. The van der Waals surface area contributed by atoms with Crippen molar-refractivity contribution in [3.8, 4) is 0 Å². The minimum absolute atomic E-state index is 0.000365. The van der Waals surface area contributed by atoms with Crippen LogP contribution in [-0.2, 0) is 11.2 Å². The van der Waals surface area contributed by atoms with Gasteiger partial charge in [0.15, 0.2) is 0 Å². The first kappa shape index (κ1) is 15.2. The molecule has 1 unspecified atom stereocenters. The molecule has 1 atom stereocenters. The Kier molecular flexibility index (Phi) is 6.36. The highest BCUT2D eigenvalue weighted by Gasteiger charge is 2.09. The van der Waals surface area contributed by atoms with E-state index in [1.54, 1.807) is 0 Å². The zero-order chi connectivity index (χ0) is 13.5. The Labute approximate surface area is 117 Å². The van der Waals surface area contributed by atoms with Crippen LogP contribution in [0.15, 0.2) is 22.7 Å². The van der Waals surface area contributed by atoms with E-state index in [1.165, 1.54) is 5.56 Å². The molecule has 100 valence electrons. The van der Waals surface area contributed by atoms with Gasteiger partial charge < -0.3 is 10.4 Å². The van der Waals surface area contributed by atoms with Gasteiger partial charge in [-0.05, 0) is 37.0 Å². The minimum atomic E-state index is -0.121. The summed E-state index contributed by atoms with van der Waals surface area (Å²) in [6.07, 6.45) is 1.93. The van der Waals surface area contributed by atoms with Crippen molar-refractivity contribution in [1.82, 2.24) is 5.32 Å². The first-order valence-electron chi connectivity index (χ1n) is 6.22. The second-order valence-electron chi connectivity index (χ2n) is 4.44. The third-order valence-electron chi connectivity index (χ3n) is 2.94. The van der Waals surface area contributed by atoms with E-state index >= 15 is 0 Å². The summed E-state index contributed by atoms with van der Waals surface area (Å²) >= 11 is 3.45. The van der Waals surface area contributed by atoms with Crippen LogP contribution in [0.25, 0.3) is 0 Å². The number of aliphatic hydroxyl groups is 1. The van der Waals surface area contributed by atoms with Crippen LogP contribution in [0.2, 0.25) is 0 Å². The molecule has 1 aromatic carbocycles. The summed E-state index contributed by atoms with van der Waals surface area (Å²) in [5.41, 5.74) is 2.33. The number of aryl methyl sites for hydroxylation is 2. The summed E-state index contributed by atoms with van der Waals surface area (Å²) in [4.78, 5) is 11.7. The largest absolute Gasteiger partial charge is 0.394 e. The van der Waals surface area contributed by atoms with Crippen LogP contribution >= 0.6 is 15.9 Å². The number of carbonyl (C=O) groups excluding carboxylic acids is 1. The van der Waals surface area contributed by atoms with Crippen LogP contribution in [0.3, 0.4) is 0 Å². The molecule has 0 radical (unpaired) electrons. The summed E-state index contributed by atoms with van der Waals surface area (Å²) in [5, 5.41) is 11.8. The van der Waals surface area contributed by atoms with E-state index in [4.69, 9.17) is 5.11 Å². The van der Waals surface area contributed by atoms with Crippen molar-refractivity contribution in [2.75, 3.05) is 6.61 Å². The van der Waals surface area contributed by atoms with Gasteiger partial charge in [-0.3, -0.25) is 4.79 Å². The number of rotatable bonds is 6. The molecular formula is C14H20BrNO2. The number of halogens is 1. The van der Waals surface area contributed by atoms with Crippen LogP contribution in [0, 0.1) is 6.92 Å². The Morgan fingerprint density at radius 2 is 2.22 bits per heavy atom. The molecular weight excluding hydrogens is 294 g/mol. The van der Waals surface area contributed by atoms with Crippen LogP contribution in [0.4, 0.5) is 0 Å². The van der Waals surface area contributed by atoms with Gasteiger partial charge in [0.25, 0.3) is 0 Å². The molecule has 0 bridgehead atoms. The molecule has 0 aliphatic heterocycles. The molecule has 0 aliphatic carbocycles. The van der Waals surface area contributed by atoms with Gasteiger partial charge in [0, 0.05) is 10.9 Å². The molecule has 18 heavy (non-hydrogen) atoms. The molecule has 0 heterocycles. The quantitative estimate of drug-likeness (QED) is 0.848. The third kappa shape index (κ3) is 4.78. The van der Waals surface area contributed by atoms with Crippen molar-refractivity contribution in [2.45, 2.75) is 39.2 Å². The van der Waals surface area contributed by atoms with Gasteiger partial charge in [0.05, 0.1) is 12.6 Å². The SMILES string of the molecule is CCC(CO)NC(=O)CCc1ccc(Br)c(C)c1. The van der Waals surface area contributed by atoms with E-state index in [9.17, 15) is 4.79 Å². The molecule has 1 aromatic rings. The monoisotopic (exact) mass is 313 g/mol. The van der Waals surface area contributed by atoms with Gasteiger partial charge in [0.1, 0.15) is 0 Å². The number of carbonyl (C=O) groups is 1. The molecule has 3 nitrogen and oxygen atoms in total. The van der Waals surface area contributed by atoms with Gasteiger partial charge >= 0.3 is 0 Å². The van der Waals surface area contributed by atoms with E-state index in [0.29, 0.717) is 6.42 Å². The molecule has 0 saturated carbocycles. The molecule has 2 N–H and O–H groups in total. The smallest absolute Gasteiger partial charge is 0.220 e. The zero-order valence-electron chi connectivity index (χ0n) is 10.9. The predicted octanol–water partition coefficient (Wildman–Crippen LogP) is 2.58. The molecule has 0 fully saturated rings. The zero-order valence-corrected chi connectivity index (χ0v) is 12.5. The number of nitrogens with one attached hydrogen (secondary N) is 1. The molecule has 0 spiro atoms. The minimum Gasteiger partial charge on any atom is -0.394 e. The van der Waals surface area contributed by atoms with Crippen LogP contribution in [0.5, 0.6) is 0 Å². The molecule has 0 aliphatic rings. The van der Waals surface area contributed by atoms with E-state index in [-0.39, 0.29) is 18.6 Å². The van der Waals surface area contributed by atoms with E-state index in [0.717, 1.165) is 22.9 Å². The lowest BCUT2D eigenvalue weighted by Crippen LogP contribution is -2.37. The molecule has 1 amide bonds. The van der Waals surface area contributed by atoms with Crippen molar-refractivity contribution >= 4 is 21.8 Å². The van der Waals surface area contributed by atoms with Crippen LogP contribution in [-0.4, -0.2) is 23.7 Å². The Hall–Kier alpha value is -0.870. The molecule has 4 heteroatoms. The summed E-state index contributed by atoms with van der Waals surface area (Å²) in [6.45, 7) is 3.98. The highest BCUT2D eigenvalue weighted by Crippen LogP contribution is 2.17. The van der Waals surface area contributed by atoms with Crippen LogP contribution < -0.4 is 5.32 Å². The highest BCUT2D eigenvalue weighted by atomic mass is 79.9. The number of benzene rings is 1. The average molecular weight is 314 g/mol. The standard InChI is InChI=1S/C14H20BrNO2/c1-3-12(9-17)16-14(18)7-5-11-4-6-13(15)10(2)8-11/h4,6,8,12,17H,3,5,7,9H2,1-2H3,(H,16,18). The fraction of sp³-hybridized carbons (Fsp3) is 0.500. The average Bonchev–Trinajstić information content (AvgIpc) is 2.37. The second-order valence-corrected chi connectivity index (χ2v) is 5.29. The van der Waals surface area contributed by atoms with Crippen molar-refractivity contribution < 1.29 is 9.90 Å². The van der Waals surface area contributed by atoms with Gasteiger partial charge in [-0.15, -0.1) is 0 Å². The van der Waals surface area contributed by atoms with Crippen molar-refractivity contribution in [3.63, 3.8) is 0 Å². The van der Waals surface area contributed by atoms with Crippen LogP contribution in [0.1, 0.15) is 30.9 Å². The normalized spacial score (nSPS) is 12.2. The Bertz CT molecular complexity index is 403. The Balaban J connectivity index is 2.44. The van der Waals surface area contributed by atoms with Crippen molar-refractivity contribution in [1.29, 1.82) is 0 Å². The number of hydrogen-bond donors (Lipinski definition) is 2. The van der Waals surface area contributed by atoms with E-state index in [1.807, 2.05) is 26.0 Å². The lowest BCUT2D eigenvalue weighted by atomic mass is 10.1. The third-order valence-corrected chi connectivity index (χ3v) is 3.83. The first-order valence-corrected chi connectivity index (χ1v) is 7.01. The summed E-state index contributed by atoms with van der Waals surface area (Å²) in [7, 11) is 0. The van der Waals surface area contributed by atoms with E-state index in [2.05, 4.69) is 27.3 Å². The topological polar surface area (TPSA) is 49.3 Å². The van der Waals surface area contributed by atoms with E-state index < -0.39 is 0 Å². The number of aliphatic hydroxyl groups excluding tert-OH is 1. The van der Waals surface area contributed by atoms with Gasteiger partial charge in [0.2, 0.25) is 5.91 Å². The number of amides is 1. The number of hydrogen-bond acceptors (Lipinski definition) is 2. The van der Waals surface area contributed by atoms with Gasteiger partial charge in [-0.25, -0.2) is 0 Å². The Morgan fingerprint density at radius 3 is 2.78 bits per heavy atom. The molecule has 1 rings (SSSR count). The van der Waals surface area contributed by atoms with Crippen molar-refractivity contribution in [3.05, 3.63) is 33.8 Å². The maximum absolute atomic E-state index is 11.7. The maximum atomic E-state index is 11.7. The highest BCUT2D eigenvalue weighted by molar-refractivity contribution is 9.10. The van der Waals surface area contributed by atoms with Crippen molar-refractivity contribution in [2.24, 2.45) is 0 Å². The lowest BCUT2D eigenvalue weighted by Gasteiger charge is -2.13. The fourth-order valence-corrected chi connectivity index (χ4v) is 1.94. The maximum Gasteiger partial charge on any atom is 0.220 e. The lowest BCUT2D eigenvalue weighted by molar-refractivity contribution is -0.122. The Morgan fingerprint density at radius 1 is 1.50 bits per heavy atom. The van der Waals surface area contributed by atoms with Gasteiger partial charge in [-0.2, -0.15) is 0 Å². The summed E-state index contributed by atoms with van der Waals surface area (Å²) in [6, 6.07) is 5.99.